The highest BCUT2D eigenvalue weighted by Gasteiger charge is 2.31. The maximum atomic E-state index is 12.1. The molecule has 1 unspecified atom stereocenters. The second kappa shape index (κ2) is 4.34. The molecule has 0 aromatic heterocycles. The summed E-state index contributed by atoms with van der Waals surface area (Å²) in [4.78, 5) is 12.1. The number of esters is 1. The number of hydrogen-bond donors (Lipinski definition) is 1. The average molecular weight is 369 g/mol. The van der Waals surface area contributed by atoms with Crippen molar-refractivity contribution in [1.82, 2.24) is 0 Å². The smallest absolute Gasteiger partial charge is 0.341 e. The fourth-order valence-corrected chi connectivity index (χ4v) is 3.69. The van der Waals surface area contributed by atoms with Crippen LogP contribution in [0.2, 0.25) is 0 Å². The van der Waals surface area contributed by atoms with Gasteiger partial charge in [-0.15, -0.1) is 0 Å². The van der Waals surface area contributed by atoms with Crippen molar-refractivity contribution in [3.05, 3.63) is 58.1 Å². The van der Waals surface area contributed by atoms with E-state index in [0.29, 0.717) is 22.3 Å². The maximum Gasteiger partial charge on any atom is 0.341 e. The molecule has 0 bridgehead atoms. The van der Waals surface area contributed by atoms with Gasteiger partial charge in [0.25, 0.3) is 0 Å². The monoisotopic (exact) mass is 368 g/mol. The van der Waals surface area contributed by atoms with Crippen LogP contribution in [0, 0.1) is 0 Å². The van der Waals surface area contributed by atoms with Crippen LogP contribution in [0.25, 0.3) is 21.9 Å². The Morgan fingerprint density at radius 2 is 1.70 bits per heavy atom. The molecule has 2 heterocycles. The van der Waals surface area contributed by atoms with Crippen molar-refractivity contribution in [3.8, 4) is 22.6 Å². The number of ether oxygens (including phenoxy) is 2. The SMILES string of the molecule is O=C1OC(O)c2ccc3c4c(ccc1c24)-c1cc(Br)ccc1O3. The summed E-state index contributed by atoms with van der Waals surface area (Å²) in [5.41, 5.74) is 2.96. The predicted molar refractivity (Wildman–Crippen MR) is 87.5 cm³/mol. The Balaban J connectivity index is 1.97. The normalized spacial score (nSPS) is 17.5. The Labute approximate surface area is 139 Å². The third kappa shape index (κ3) is 1.66. The summed E-state index contributed by atoms with van der Waals surface area (Å²) in [5, 5.41) is 11.6. The molecule has 5 rings (SSSR count). The van der Waals surface area contributed by atoms with Gasteiger partial charge in [-0.05, 0) is 42.0 Å². The van der Waals surface area contributed by atoms with Gasteiger partial charge in [-0.2, -0.15) is 0 Å². The van der Waals surface area contributed by atoms with E-state index < -0.39 is 12.3 Å². The van der Waals surface area contributed by atoms with Crippen LogP contribution in [-0.2, 0) is 4.74 Å². The van der Waals surface area contributed by atoms with Crippen molar-refractivity contribution in [1.29, 1.82) is 0 Å². The van der Waals surface area contributed by atoms with Gasteiger partial charge < -0.3 is 14.6 Å². The lowest BCUT2D eigenvalue weighted by atomic mass is 9.88. The van der Waals surface area contributed by atoms with Gasteiger partial charge in [-0.25, -0.2) is 4.79 Å². The van der Waals surface area contributed by atoms with E-state index in [1.807, 2.05) is 24.3 Å². The minimum Gasteiger partial charge on any atom is -0.456 e. The zero-order chi connectivity index (χ0) is 15.7. The number of benzene rings is 3. The molecule has 1 atom stereocenters. The van der Waals surface area contributed by atoms with Gasteiger partial charge in [0, 0.05) is 26.4 Å². The molecule has 0 fully saturated rings. The van der Waals surface area contributed by atoms with Crippen molar-refractivity contribution in [2.24, 2.45) is 0 Å². The number of carbonyl (C=O) groups is 1. The summed E-state index contributed by atoms with van der Waals surface area (Å²) in [6.45, 7) is 0. The summed E-state index contributed by atoms with van der Waals surface area (Å²) in [5.74, 6) is 0.925. The third-order valence-electron chi connectivity index (χ3n) is 4.31. The van der Waals surface area contributed by atoms with Gasteiger partial charge in [0.1, 0.15) is 11.5 Å². The molecule has 1 N–H and O–H groups in total. The largest absolute Gasteiger partial charge is 0.456 e. The second-order valence-electron chi connectivity index (χ2n) is 5.56. The van der Waals surface area contributed by atoms with Crippen LogP contribution in [0.3, 0.4) is 0 Å². The van der Waals surface area contributed by atoms with Crippen LogP contribution in [-0.4, -0.2) is 11.1 Å². The highest BCUT2D eigenvalue weighted by molar-refractivity contribution is 9.10. The number of hydrogen-bond acceptors (Lipinski definition) is 4. The molecule has 2 aliphatic rings. The second-order valence-corrected chi connectivity index (χ2v) is 6.48. The topological polar surface area (TPSA) is 55.8 Å². The highest BCUT2D eigenvalue weighted by atomic mass is 79.9. The van der Waals surface area contributed by atoms with Gasteiger partial charge in [0.2, 0.25) is 6.29 Å². The van der Waals surface area contributed by atoms with E-state index in [-0.39, 0.29) is 0 Å². The lowest BCUT2D eigenvalue weighted by Gasteiger charge is -2.27. The third-order valence-corrected chi connectivity index (χ3v) is 4.80. The molecule has 0 radical (unpaired) electrons. The molecule has 2 aliphatic heterocycles. The van der Waals surface area contributed by atoms with E-state index in [9.17, 15) is 9.90 Å². The Morgan fingerprint density at radius 3 is 2.57 bits per heavy atom. The number of cyclic esters (lactones) is 1. The van der Waals surface area contributed by atoms with Crippen LogP contribution in [0.5, 0.6) is 11.5 Å². The molecular formula is C18H9BrO4. The molecule has 112 valence electrons. The standard InChI is InChI=1S/C18H9BrO4/c19-8-1-5-13-12(7-8)9-2-3-10-15-11(18(21)23-17(10)20)4-6-14(22-13)16(9)15/h1-7,18,21H. The van der Waals surface area contributed by atoms with E-state index >= 15 is 0 Å². The zero-order valence-corrected chi connectivity index (χ0v) is 13.3. The lowest BCUT2D eigenvalue weighted by Crippen LogP contribution is -2.18. The van der Waals surface area contributed by atoms with Crippen LogP contribution < -0.4 is 4.74 Å². The number of aliphatic hydroxyl groups is 1. The summed E-state index contributed by atoms with van der Waals surface area (Å²) >= 11 is 3.48. The first-order valence-electron chi connectivity index (χ1n) is 7.10. The van der Waals surface area contributed by atoms with Crippen LogP contribution in [0.15, 0.2) is 46.9 Å². The van der Waals surface area contributed by atoms with E-state index in [0.717, 1.165) is 26.7 Å². The van der Waals surface area contributed by atoms with Gasteiger partial charge in [0.05, 0.1) is 5.56 Å². The number of carbonyl (C=O) groups excluding carboxylic acids is 1. The van der Waals surface area contributed by atoms with E-state index in [4.69, 9.17) is 9.47 Å². The quantitative estimate of drug-likeness (QED) is 0.463. The summed E-state index contributed by atoms with van der Waals surface area (Å²) < 4.78 is 11.9. The Morgan fingerprint density at radius 1 is 0.913 bits per heavy atom. The summed E-state index contributed by atoms with van der Waals surface area (Å²) in [7, 11) is 0. The molecule has 0 aliphatic carbocycles. The Kier molecular flexibility index (Phi) is 2.47. The number of fused-ring (bicyclic) bond motifs is 2. The number of halogens is 1. The van der Waals surface area contributed by atoms with Crippen molar-refractivity contribution in [3.63, 3.8) is 0 Å². The first kappa shape index (κ1) is 13.1. The highest BCUT2D eigenvalue weighted by Crippen LogP contribution is 2.50. The van der Waals surface area contributed by atoms with Crippen molar-refractivity contribution in [2.45, 2.75) is 6.29 Å². The number of rotatable bonds is 0. The minimum atomic E-state index is -1.25. The maximum absolute atomic E-state index is 12.1. The van der Waals surface area contributed by atoms with Gasteiger partial charge in [-0.1, -0.05) is 22.0 Å². The predicted octanol–water partition coefficient (Wildman–Crippen LogP) is 4.54. The zero-order valence-electron chi connectivity index (χ0n) is 11.7. The van der Waals surface area contributed by atoms with Crippen LogP contribution >= 0.6 is 15.9 Å². The van der Waals surface area contributed by atoms with Gasteiger partial charge in [0.15, 0.2) is 0 Å². The first-order valence-corrected chi connectivity index (χ1v) is 7.89. The fraction of sp³-hybridized carbons (Fsp3) is 0.0556. The van der Waals surface area contributed by atoms with E-state index in [1.54, 1.807) is 18.2 Å². The summed E-state index contributed by atoms with van der Waals surface area (Å²) in [6.07, 6.45) is -1.25. The Hall–Kier alpha value is -2.37. The van der Waals surface area contributed by atoms with Crippen molar-refractivity contribution in [2.75, 3.05) is 0 Å². The first-order chi connectivity index (χ1) is 11.1. The molecule has 23 heavy (non-hydrogen) atoms. The average Bonchev–Trinajstić information content (AvgIpc) is 2.54. The van der Waals surface area contributed by atoms with Crippen molar-refractivity contribution < 1.29 is 19.4 Å². The fourth-order valence-electron chi connectivity index (χ4n) is 3.32. The molecule has 3 aromatic carbocycles. The molecule has 0 amide bonds. The van der Waals surface area contributed by atoms with E-state index in [1.165, 1.54) is 0 Å². The van der Waals surface area contributed by atoms with E-state index in [2.05, 4.69) is 15.9 Å². The van der Waals surface area contributed by atoms with Gasteiger partial charge >= 0.3 is 5.97 Å². The van der Waals surface area contributed by atoms with Crippen LogP contribution in [0.4, 0.5) is 0 Å². The molecule has 0 spiro atoms. The lowest BCUT2D eigenvalue weighted by molar-refractivity contribution is -0.0686. The summed E-state index contributed by atoms with van der Waals surface area (Å²) in [6, 6.07) is 13.0. The molecular weight excluding hydrogens is 360 g/mol. The van der Waals surface area contributed by atoms with Crippen LogP contribution in [0.1, 0.15) is 22.2 Å². The van der Waals surface area contributed by atoms with Crippen molar-refractivity contribution >= 4 is 32.7 Å². The minimum absolute atomic E-state index is 0.452. The molecule has 3 aromatic rings. The van der Waals surface area contributed by atoms with Gasteiger partial charge in [-0.3, -0.25) is 0 Å². The molecule has 0 saturated heterocycles. The molecule has 4 nitrogen and oxygen atoms in total. The molecule has 5 heteroatoms. The number of aliphatic hydroxyl groups excluding tert-OH is 1. The Bertz CT molecular complexity index is 1030. The molecule has 0 saturated carbocycles.